The summed E-state index contributed by atoms with van der Waals surface area (Å²) in [4.78, 5) is 0. The maximum atomic E-state index is 4.88. The van der Waals surface area contributed by atoms with Gasteiger partial charge in [-0.2, -0.15) is 0 Å². The van der Waals surface area contributed by atoms with Crippen molar-refractivity contribution in [1.82, 2.24) is 0 Å². The van der Waals surface area contributed by atoms with Crippen molar-refractivity contribution in [3.8, 4) is 44.5 Å². The Hall–Kier alpha value is -9.70. The van der Waals surface area contributed by atoms with Crippen LogP contribution in [0.25, 0.3) is 66.1 Å². The predicted molar refractivity (Wildman–Crippen MR) is 493 cm³/mol. The van der Waals surface area contributed by atoms with Gasteiger partial charge in [0.15, 0.2) is 0 Å². The van der Waals surface area contributed by atoms with Gasteiger partial charge in [-0.3, -0.25) is 0 Å². The van der Waals surface area contributed by atoms with Gasteiger partial charge < -0.3 is 0 Å². The second kappa shape index (κ2) is 35.3. The van der Waals surface area contributed by atoms with Crippen molar-refractivity contribution in [2.45, 2.75) is 83.1 Å². The van der Waals surface area contributed by atoms with E-state index in [1.165, 1.54) is 197 Å². The topological polar surface area (TPSA) is 0 Å². The summed E-state index contributed by atoms with van der Waals surface area (Å²) in [6, 6.07) is 127. The molecular weight excluding hydrogens is 1600 g/mol. The molecule has 0 unspecified atom stereocenters. The van der Waals surface area contributed by atoms with Crippen LogP contribution in [0.1, 0.15) is 66.8 Å². The predicted octanol–water partition coefficient (Wildman–Crippen LogP) is 21.4. The standard InChI is InChI=1S/2C52H46BP.2ClH.Pt/c2*1-35-31-37(3)51(38(4)32-35)53(52-39(5)33-36(2)34-40(52)6)44-27-23-41(24-28-44)48-21-13-15-43-16-14-22-49(50(43)48)42-25-29-47(30-26-42)54(45-17-9-7-10-18-45)46-19-11-8-12-20-46;;;/h2*7-34H,1-6H3;2*1H;/q;;;;+2. The minimum absolute atomic E-state index is 0.153. The zero-order valence-corrected chi connectivity index (χ0v) is 71.3. The normalized spacial score (nSPS) is 11.2. The molecule has 0 atom stereocenters. The molecule has 0 fully saturated rings. The molecule has 7 heteroatoms. The Morgan fingerprint density at radius 3 is 0.613 bits per heavy atom. The first-order chi connectivity index (χ1) is 53.9. The van der Waals surface area contributed by atoms with E-state index in [0.29, 0.717) is 0 Å². The van der Waals surface area contributed by atoms with Gasteiger partial charge in [0.25, 0.3) is 0 Å². The molecule has 0 heterocycles. The maximum absolute atomic E-state index is 4.88. The van der Waals surface area contributed by atoms with Gasteiger partial charge >= 0.3 is 35.3 Å². The quantitative estimate of drug-likeness (QED) is 0.0668. The van der Waals surface area contributed by atoms with E-state index >= 15 is 0 Å². The van der Waals surface area contributed by atoms with E-state index in [2.05, 4.69) is 423 Å². The number of benzene rings is 16. The summed E-state index contributed by atoms with van der Waals surface area (Å²) in [6.07, 6.45) is 0. The van der Waals surface area contributed by atoms with Crippen molar-refractivity contribution in [3.05, 3.63) is 406 Å². The fraction of sp³-hybridized carbons (Fsp3) is 0.115. The molecule has 16 aromatic rings. The van der Waals surface area contributed by atoms with Gasteiger partial charge in [-0.25, -0.2) is 0 Å². The van der Waals surface area contributed by atoms with Gasteiger partial charge in [-0.1, -0.05) is 366 Å². The first kappa shape index (κ1) is 78.0. The van der Waals surface area contributed by atoms with Crippen LogP contribution < -0.4 is 64.6 Å². The third-order valence-corrected chi connectivity index (χ3v) is 27.7. The zero-order chi connectivity index (χ0) is 77.4. The Morgan fingerprint density at radius 1 is 0.216 bits per heavy atom. The summed E-state index contributed by atoms with van der Waals surface area (Å²) in [5, 5.41) is 13.5. The fourth-order valence-corrected chi connectivity index (χ4v) is 23.1. The van der Waals surface area contributed by atoms with Gasteiger partial charge in [0, 0.05) is 0 Å². The number of halogens is 2. The van der Waals surface area contributed by atoms with Crippen LogP contribution in [0.15, 0.2) is 340 Å². The van der Waals surface area contributed by atoms with Crippen molar-refractivity contribution < 1.29 is 16.5 Å². The number of fused-ring (bicyclic) bond motifs is 2. The fourth-order valence-electron chi connectivity index (χ4n) is 17.9. The van der Waals surface area contributed by atoms with Crippen molar-refractivity contribution in [3.63, 3.8) is 0 Å². The monoisotopic (exact) mass is 1690 g/mol. The molecule has 0 saturated heterocycles. The molecule has 0 radical (unpaired) electrons. The molecule has 16 aromatic carbocycles. The molecule has 0 saturated carbocycles. The summed E-state index contributed by atoms with van der Waals surface area (Å²) in [5.41, 5.74) is 34.4. The summed E-state index contributed by atoms with van der Waals surface area (Å²) >= 11 is -0.472. The van der Waals surface area contributed by atoms with Crippen LogP contribution in [0.5, 0.6) is 0 Å². The summed E-state index contributed by atoms with van der Waals surface area (Å²) in [5.74, 6) is 0. The van der Waals surface area contributed by atoms with E-state index in [-0.39, 0.29) is 13.4 Å². The van der Waals surface area contributed by atoms with E-state index in [0.717, 1.165) is 0 Å². The van der Waals surface area contributed by atoms with Crippen LogP contribution >= 0.6 is 34.7 Å². The van der Waals surface area contributed by atoms with E-state index in [1.807, 2.05) is 0 Å². The van der Waals surface area contributed by atoms with Crippen molar-refractivity contribution in [2.75, 3.05) is 0 Å². The molecule has 0 bridgehead atoms. The van der Waals surface area contributed by atoms with Crippen LogP contribution in [0.3, 0.4) is 0 Å². The van der Waals surface area contributed by atoms with Crippen LogP contribution in [-0.2, 0) is 16.5 Å². The third-order valence-electron chi connectivity index (χ3n) is 22.2. The Balaban J connectivity index is 0.000000178. The van der Waals surface area contributed by atoms with E-state index in [1.54, 1.807) is 0 Å². The third kappa shape index (κ3) is 17.1. The molecular formula is C104H94B2Cl2P2Pt+2. The van der Waals surface area contributed by atoms with Gasteiger partial charge in [-0.05, 0) is 222 Å². The average Bonchev–Trinajstić information content (AvgIpc) is 0.766. The van der Waals surface area contributed by atoms with Crippen LogP contribution in [0, 0.1) is 83.1 Å². The van der Waals surface area contributed by atoms with Gasteiger partial charge in [0.2, 0.25) is 13.4 Å². The van der Waals surface area contributed by atoms with Gasteiger partial charge in [-0.15, -0.1) is 0 Å². The summed E-state index contributed by atoms with van der Waals surface area (Å²) in [7, 11) is 7.48. The average molecular weight is 1690 g/mol. The van der Waals surface area contributed by atoms with E-state index in [4.69, 9.17) is 18.8 Å². The Kier molecular flexibility index (Phi) is 24.8. The van der Waals surface area contributed by atoms with Crippen molar-refractivity contribution >= 4 is 134 Å². The molecule has 0 amide bonds. The zero-order valence-electron chi connectivity index (χ0n) is 65.6. The first-order valence-corrected chi connectivity index (χ1v) is 47.1. The van der Waals surface area contributed by atoms with Crippen LogP contribution in [0.4, 0.5) is 0 Å². The SMILES string of the molecule is Cc1cc(C)c(B(c2ccc(-c3cccc4cccc(-c5ccc([PH+](c6ccccc6)c6ccccc6)cc5)c34)cc2)c2c(C)cc(C)cc2C)c(C)c1.Cc1cc(C)c(B(c2ccc(-c3cccc4cccc(-c5ccc([PH+](c6ccccc6)c6ccccc6)cc5)c34)cc2)c2c(C)cc(C)cc2C)c(C)c1.[Cl][Pt][Cl]. The van der Waals surface area contributed by atoms with Gasteiger partial charge in [0.05, 0.1) is 15.8 Å². The summed E-state index contributed by atoms with van der Waals surface area (Å²) < 4.78 is 0. The molecule has 548 valence electrons. The Bertz CT molecular complexity index is 5290. The molecule has 0 aliphatic rings. The molecule has 0 aliphatic heterocycles. The Morgan fingerprint density at radius 2 is 0.405 bits per heavy atom. The van der Waals surface area contributed by atoms with Crippen molar-refractivity contribution in [1.29, 1.82) is 0 Å². The molecule has 0 aromatic heterocycles. The minimum atomic E-state index is -1.13. The second-order valence-electron chi connectivity index (χ2n) is 30.2. The van der Waals surface area contributed by atoms with E-state index in [9.17, 15) is 0 Å². The molecule has 0 spiro atoms. The number of aryl methyl sites for hydroxylation is 12. The molecule has 16 rings (SSSR count). The number of hydrogen-bond acceptors (Lipinski definition) is 0. The Labute approximate surface area is 679 Å². The van der Waals surface area contributed by atoms with Crippen LogP contribution in [-0.4, -0.2) is 13.4 Å². The number of hydrogen-bond donors (Lipinski definition) is 0. The molecule has 0 N–H and O–H groups in total. The molecule has 0 aliphatic carbocycles. The molecule has 0 nitrogen and oxygen atoms in total. The van der Waals surface area contributed by atoms with Crippen LogP contribution in [0.2, 0.25) is 0 Å². The first-order valence-electron chi connectivity index (χ1n) is 38.5. The van der Waals surface area contributed by atoms with Gasteiger partial charge in [0.1, 0.15) is 31.8 Å². The number of rotatable bonds is 16. The summed E-state index contributed by atoms with van der Waals surface area (Å²) in [6.45, 7) is 27.4. The van der Waals surface area contributed by atoms with Crippen molar-refractivity contribution in [2.24, 2.45) is 0 Å². The molecule has 111 heavy (non-hydrogen) atoms. The second-order valence-corrected chi connectivity index (χ2v) is 38.4. The van der Waals surface area contributed by atoms with E-state index < -0.39 is 32.3 Å².